The van der Waals surface area contributed by atoms with E-state index in [2.05, 4.69) is 4.98 Å². The lowest BCUT2D eigenvalue weighted by Gasteiger charge is -2.24. The zero-order valence-electron chi connectivity index (χ0n) is 16.0. The van der Waals surface area contributed by atoms with E-state index in [1.54, 1.807) is 6.07 Å². The van der Waals surface area contributed by atoms with Crippen molar-refractivity contribution in [2.24, 2.45) is 0 Å². The fourth-order valence-electron chi connectivity index (χ4n) is 3.82. The molecule has 10 heteroatoms. The van der Waals surface area contributed by atoms with E-state index in [0.717, 1.165) is 12.1 Å². The number of hydrogen-bond acceptors (Lipinski definition) is 6. The number of anilines is 1. The first-order valence-electron chi connectivity index (χ1n) is 9.31. The molecule has 3 heterocycles. The van der Waals surface area contributed by atoms with E-state index in [4.69, 9.17) is 16.0 Å². The molecule has 0 unspecified atom stereocenters. The van der Waals surface area contributed by atoms with Crippen molar-refractivity contribution < 1.29 is 18.5 Å². The number of pyridine rings is 1. The molecule has 0 saturated carbocycles. The normalized spacial score (nSPS) is 15.2. The van der Waals surface area contributed by atoms with Gasteiger partial charge >= 0.3 is 0 Å². The number of amides is 1. The Morgan fingerprint density at radius 3 is 2.66 bits per heavy atom. The molecule has 5 rings (SSSR count). The molecular formula is C22H11ClFN3O5. The predicted molar refractivity (Wildman–Crippen MR) is 113 cm³/mol. The van der Waals surface area contributed by atoms with Gasteiger partial charge in [-0.15, -0.1) is 0 Å². The van der Waals surface area contributed by atoms with Crippen molar-refractivity contribution in [2.75, 3.05) is 4.90 Å². The summed E-state index contributed by atoms with van der Waals surface area (Å²) in [7, 11) is 0. The first-order chi connectivity index (χ1) is 15.3. The summed E-state index contributed by atoms with van der Waals surface area (Å²) in [6.45, 7) is 0. The maximum absolute atomic E-state index is 13.8. The number of carbonyl (C=O) groups excluding carboxylic acids is 1. The van der Waals surface area contributed by atoms with Gasteiger partial charge in [-0.2, -0.15) is 0 Å². The van der Waals surface area contributed by atoms with Gasteiger partial charge in [0.1, 0.15) is 17.2 Å². The highest BCUT2D eigenvalue weighted by molar-refractivity contribution is 6.30. The summed E-state index contributed by atoms with van der Waals surface area (Å²) in [6, 6.07) is 10.9. The van der Waals surface area contributed by atoms with E-state index < -0.39 is 28.1 Å². The van der Waals surface area contributed by atoms with Crippen molar-refractivity contribution in [2.45, 2.75) is 6.04 Å². The number of nitro groups is 1. The molecule has 0 fully saturated rings. The van der Waals surface area contributed by atoms with Crippen molar-refractivity contribution in [1.29, 1.82) is 0 Å². The molecule has 1 aliphatic rings. The number of nitrogens with zero attached hydrogens (tertiary/aromatic N) is 3. The summed E-state index contributed by atoms with van der Waals surface area (Å²) in [6.07, 6.45) is 1.33. The van der Waals surface area contributed by atoms with Gasteiger partial charge in [-0.05, 0) is 35.9 Å². The fourth-order valence-corrected chi connectivity index (χ4v) is 3.93. The Hall–Kier alpha value is -4.11. The summed E-state index contributed by atoms with van der Waals surface area (Å²) >= 11 is 5.92. The topological polar surface area (TPSA) is 107 Å². The Bertz CT molecular complexity index is 1490. The first-order valence-corrected chi connectivity index (χ1v) is 9.68. The number of hydrogen-bond donors (Lipinski definition) is 0. The third-order valence-electron chi connectivity index (χ3n) is 5.19. The van der Waals surface area contributed by atoms with Crippen LogP contribution in [0.1, 0.15) is 27.7 Å². The standard InChI is InChI=1S/C22H11ClFN3O5/c23-12-4-7-17(25-10-12)26-19(11-2-1-3-14(8-11)27(30)31)18-20(28)15-9-13(24)5-6-16(15)32-21(18)22(26)29/h1-10,19H/t19-/m1/s1. The van der Waals surface area contributed by atoms with Gasteiger partial charge in [-0.1, -0.05) is 23.7 Å². The molecule has 2 aromatic heterocycles. The quantitative estimate of drug-likeness (QED) is 0.332. The number of benzene rings is 2. The van der Waals surface area contributed by atoms with Crippen LogP contribution in [0.25, 0.3) is 11.0 Å². The van der Waals surface area contributed by atoms with E-state index in [1.807, 2.05) is 0 Å². The lowest BCUT2D eigenvalue weighted by atomic mass is 9.98. The summed E-state index contributed by atoms with van der Waals surface area (Å²) < 4.78 is 19.5. The highest BCUT2D eigenvalue weighted by Gasteiger charge is 2.44. The Labute approximate surface area is 183 Å². The minimum atomic E-state index is -1.07. The van der Waals surface area contributed by atoms with Crippen molar-refractivity contribution >= 4 is 40.0 Å². The molecule has 8 nitrogen and oxygen atoms in total. The van der Waals surface area contributed by atoms with Crippen LogP contribution >= 0.6 is 11.6 Å². The van der Waals surface area contributed by atoms with Gasteiger partial charge in [0.15, 0.2) is 5.43 Å². The molecule has 1 amide bonds. The Kier molecular flexibility index (Phi) is 4.49. The third kappa shape index (κ3) is 3.02. The minimum Gasteiger partial charge on any atom is -0.450 e. The van der Waals surface area contributed by atoms with Crippen molar-refractivity contribution in [3.63, 3.8) is 0 Å². The second kappa shape index (κ2) is 7.24. The molecule has 0 bridgehead atoms. The van der Waals surface area contributed by atoms with Crippen LogP contribution in [0.4, 0.5) is 15.9 Å². The van der Waals surface area contributed by atoms with Gasteiger partial charge in [-0.3, -0.25) is 24.6 Å². The molecule has 4 aromatic rings. The molecule has 0 N–H and O–H groups in total. The highest BCUT2D eigenvalue weighted by atomic mass is 35.5. The molecule has 2 aromatic carbocycles. The van der Waals surface area contributed by atoms with Crippen LogP contribution in [-0.2, 0) is 0 Å². The summed E-state index contributed by atoms with van der Waals surface area (Å²) in [5, 5.41) is 11.6. The smallest absolute Gasteiger partial charge is 0.296 e. The van der Waals surface area contributed by atoms with Gasteiger partial charge < -0.3 is 4.42 Å². The zero-order valence-corrected chi connectivity index (χ0v) is 16.7. The molecule has 0 saturated heterocycles. The molecule has 0 aliphatic carbocycles. The maximum Gasteiger partial charge on any atom is 0.296 e. The van der Waals surface area contributed by atoms with Crippen LogP contribution in [0.3, 0.4) is 0 Å². The van der Waals surface area contributed by atoms with E-state index in [0.29, 0.717) is 10.6 Å². The average Bonchev–Trinajstić information content (AvgIpc) is 3.07. The lowest BCUT2D eigenvalue weighted by molar-refractivity contribution is -0.384. The number of nitro benzene ring substituents is 1. The number of carbonyl (C=O) groups is 1. The lowest BCUT2D eigenvalue weighted by Crippen LogP contribution is -2.30. The number of fused-ring (bicyclic) bond motifs is 2. The van der Waals surface area contributed by atoms with E-state index in [9.17, 15) is 24.1 Å². The monoisotopic (exact) mass is 451 g/mol. The summed E-state index contributed by atoms with van der Waals surface area (Å²) in [5.41, 5.74) is -0.533. The molecule has 1 aliphatic heterocycles. The minimum absolute atomic E-state index is 0.0436. The van der Waals surface area contributed by atoms with Gasteiger partial charge in [0, 0.05) is 18.3 Å². The second-order valence-corrected chi connectivity index (χ2v) is 7.52. The number of halogens is 2. The number of aromatic nitrogens is 1. The van der Waals surface area contributed by atoms with Gasteiger partial charge in [0.05, 0.1) is 26.9 Å². The van der Waals surface area contributed by atoms with Gasteiger partial charge in [0.25, 0.3) is 11.6 Å². The summed E-state index contributed by atoms with van der Waals surface area (Å²) in [5.74, 6) is -1.37. The van der Waals surface area contributed by atoms with Crippen LogP contribution in [0, 0.1) is 15.9 Å². The third-order valence-corrected chi connectivity index (χ3v) is 5.41. The zero-order chi connectivity index (χ0) is 22.6. The van der Waals surface area contributed by atoms with Crippen molar-refractivity contribution in [1.82, 2.24) is 4.98 Å². The SMILES string of the molecule is O=C1c2oc3ccc(F)cc3c(=O)c2[C@@H](c2cccc([N+](=O)[O-])c2)N1c1ccc(Cl)cn1. The van der Waals surface area contributed by atoms with Crippen LogP contribution in [-0.4, -0.2) is 15.8 Å². The highest BCUT2D eigenvalue weighted by Crippen LogP contribution is 2.41. The van der Waals surface area contributed by atoms with E-state index >= 15 is 0 Å². The molecule has 1 atom stereocenters. The Morgan fingerprint density at radius 1 is 1.12 bits per heavy atom. The van der Waals surface area contributed by atoms with Crippen LogP contribution in [0.5, 0.6) is 0 Å². The first kappa shape index (κ1) is 19.8. The largest absolute Gasteiger partial charge is 0.450 e. The number of non-ortho nitro benzene ring substituents is 1. The molecule has 32 heavy (non-hydrogen) atoms. The number of rotatable bonds is 3. The van der Waals surface area contributed by atoms with Crippen molar-refractivity contribution in [3.8, 4) is 0 Å². The van der Waals surface area contributed by atoms with Crippen LogP contribution < -0.4 is 10.3 Å². The maximum atomic E-state index is 13.8. The van der Waals surface area contributed by atoms with Gasteiger partial charge in [-0.25, -0.2) is 9.37 Å². The molecule has 0 radical (unpaired) electrons. The summed E-state index contributed by atoms with van der Waals surface area (Å²) in [4.78, 5) is 42.9. The average molecular weight is 452 g/mol. The Balaban J connectivity index is 1.82. The van der Waals surface area contributed by atoms with E-state index in [-0.39, 0.29) is 33.8 Å². The molecule has 0 spiro atoms. The van der Waals surface area contributed by atoms with Crippen molar-refractivity contribution in [3.05, 3.63) is 109 Å². The Morgan fingerprint density at radius 2 is 1.94 bits per heavy atom. The molecular weight excluding hydrogens is 441 g/mol. The van der Waals surface area contributed by atoms with Crippen LogP contribution in [0.15, 0.2) is 70.0 Å². The van der Waals surface area contributed by atoms with Crippen LogP contribution in [0.2, 0.25) is 5.02 Å². The fraction of sp³-hybridized carbons (Fsp3) is 0.0455. The van der Waals surface area contributed by atoms with E-state index in [1.165, 1.54) is 47.5 Å². The van der Waals surface area contributed by atoms with Gasteiger partial charge in [0.2, 0.25) is 5.76 Å². The molecule has 158 valence electrons. The predicted octanol–water partition coefficient (Wildman–Crippen LogP) is 4.64. The second-order valence-electron chi connectivity index (χ2n) is 7.08.